The molecule has 0 spiro atoms. The summed E-state index contributed by atoms with van der Waals surface area (Å²) in [7, 11) is 0. The second-order valence-corrected chi connectivity index (χ2v) is 6.17. The van der Waals surface area contributed by atoms with Crippen molar-refractivity contribution in [1.82, 2.24) is 10.2 Å². The maximum atomic E-state index is 12.0. The van der Waals surface area contributed by atoms with Crippen LogP contribution in [0.15, 0.2) is 30.3 Å². The Hall–Kier alpha value is -1.79. The first kappa shape index (κ1) is 14.2. The van der Waals surface area contributed by atoms with Crippen molar-refractivity contribution in [2.45, 2.75) is 25.3 Å². The fraction of sp³-hybridized carbons (Fsp3) is 0.500. The number of benzene rings is 1. The highest BCUT2D eigenvalue weighted by Gasteiger charge is 2.39. The molecule has 1 aromatic carbocycles. The number of nitrogens with zero attached hydrogens (tertiary/aromatic N) is 1. The lowest BCUT2D eigenvalue weighted by Crippen LogP contribution is -2.56. The Labute approximate surface area is 126 Å². The van der Waals surface area contributed by atoms with Crippen molar-refractivity contribution in [3.05, 3.63) is 35.9 Å². The molecule has 110 valence electrons. The van der Waals surface area contributed by atoms with Gasteiger partial charge in [0.25, 0.3) is 0 Å². The van der Waals surface area contributed by atoms with Crippen LogP contribution in [0.5, 0.6) is 0 Å². The molecule has 1 amide bonds. The number of hydrogen-bond donors (Lipinski definition) is 1. The Bertz CT molecular complexity index is 534. The highest BCUT2D eigenvalue weighted by atomic mass is 16.1. The van der Waals surface area contributed by atoms with Crippen LogP contribution in [0, 0.1) is 24.2 Å². The summed E-state index contributed by atoms with van der Waals surface area (Å²) in [4.78, 5) is 14.5. The molecule has 4 rings (SSSR count). The average molecular weight is 282 g/mol. The molecule has 2 bridgehead atoms. The molecule has 0 aromatic heterocycles. The molecule has 3 aliphatic heterocycles. The molecule has 3 fully saturated rings. The lowest BCUT2D eigenvalue weighted by molar-refractivity contribution is -0.121. The molecule has 0 aliphatic carbocycles. The minimum Gasteiger partial charge on any atom is -0.354 e. The topological polar surface area (TPSA) is 32.3 Å². The van der Waals surface area contributed by atoms with Gasteiger partial charge in [0.1, 0.15) is 0 Å². The van der Waals surface area contributed by atoms with Crippen LogP contribution < -0.4 is 5.32 Å². The average Bonchev–Trinajstić information content (AvgIpc) is 2.54. The molecule has 3 heteroatoms. The van der Waals surface area contributed by atoms with Crippen LogP contribution in [-0.4, -0.2) is 36.5 Å². The third kappa shape index (κ3) is 3.28. The van der Waals surface area contributed by atoms with Gasteiger partial charge in [0.05, 0.1) is 6.42 Å². The van der Waals surface area contributed by atoms with E-state index in [9.17, 15) is 4.79 Å². The van der Waals surface area contributed by atoms with Gasteiger partial charge in [-0.05, 0) is 30.9 Å². The number of terminal acetylenes is 1. The first-order valence-corrected chi connectivity index (χ1v) is 7.77. The number of piperidine rings is 3. The summed E-state index contributed by atoms with van der Waals surface area (Å²) >= 11 is 0. The van der Waals surface area contributed by atoms with Gasteiger partial charge in [0.15, 0.2) is 0 Å². The van der Waals surface area contributed by atoms with Crippen molar-refractivity contribution in [3.63, 3.8) is 0 Å². The van der Waals surface area contributed by atoms with E-state index in [4.69, 9.17) is 6.42 Å². The van der Waals surface area contributed by atoms with E-state index in [1.807, 2.05) is 30.3 Å². The number of hydrogen-bond acceptors (Lipinski definition) is 2. The number of carbonyl (C=O) groups is 1. The zero-order chi connectivity index (χ0) is 14.7. The van der Waals surface area contributed by atoms with E-state index >= 15 is 0 Å². The Morgan fingerprint density at radius 2 is 2.19 bits per heavy atom. The van der Waals surface area contributed by atoms with Crippen LogP contribution in [0.25, 0.3) is 0 Å². The van der Waals surface area contributed by atoms with Crippen LogP contribution in [0.4, 0.5) is 0 Å². The molecule has 3 nitrogen and oxygen atoms in total. The van der Waals surface area contributed by atoms with Crippen LogP contribution >= 0.6 is 0 Å². The van der Waals surface area contributed by atoms with E-state index in [0.717, 1.165) is 31.6 Å². The van der Waals surface area contributed by atoms with Crippen molar-refractivity contribution in [2.24, 2.45) is 11.8 Å². The summed E-state index contributed by atoms with van der Waals surface area (Å²) in [5.74, 6) is 4.09. The number of amides is 1. The van der Waals surface area contributed by atoms with Gasteiger partial charge >= 0.3 is 0 Å². The maximum absolute atomic E-state index is 12.0. The summed E-state index contributed by atoms with van der Waals surface area (Å²) in [5.41, 5.74) is 1.06. The third-order valence-corrected chi connectivity index (χ3v) is 4.84. The van der Waals surface area contributed by atoms with Crippen molar-refractivity contribution in [3.8, 4) is 12.3 Å². The van der Waals surface area contributed by atoms with Crippen LogP contribution in [0.1, 0.15) is 18.4 Å². The van der Waals surface area contributed by atoms with E-state index in [1.165, 1.54) is 6.42 Å². The number of fused-ring (bicyclic) bond motifs is 3. The molecule has 3 saturated heterocycles. The monoisotopic (exact) mass is 282 g/mol. The Morgan fingerprint density at radius 1 is 1.38 bits per heavy atom. The van der Waals surface area contributed by atoms with Crippen molar-refractivity contribution in [2.75, 3.05) is 19.6 Å². The fourth-order valence-electron chi connectivity index (χ4n) is 3.61. The minimum atomic E-state index is 0.109. The summed E-state index contributed by atoms with van der Waals surface area (Å²) in [6.45, 7) is 2.88. The van der Waals surface area contributed by atoms with E-state index in [2.05, 4.69) is 16.1 Å². The third-order valence-electron chi connectivity index (χ3n) is 4.84. The first-order valence-electron chi connectivity index (χ1n) is 7.77. The quantitative estimate of drug-likeness (QED) is 0.852. The first-order chi connectivity index (χ1) is 10.3. The summed E-state index contributed by atoms with van der Waals surface area (Å²) in [6.07, 6.45) is 8.40. The lowest BCUT2D eigenvalue weighted by Gasteiger charge is -2.48. The van der Waals surface area contributed by atoms with E-state index in [-0.39, 0.29) is 5.91 Å². The van der Waals surface area contributed by atoms with E-state index in [1.54, 1.807) is 0 Å². The van der Waals surface area contributed by atoms with Crippen LogP contribution in [-0.2, 0) is 11.2 Å². The van der Waals surface area contributed by atoms with Gasteiger partial charge in [-0.25, -0.2) is 0 Å². The number of carbonyl (C=O) groups excluding carboxylic acids is 1. The molecule has 0 saturated carbocycles. The second-order valence-electron chi connectivity index (χ2n) is 6.17. The molecule has 4 atom stereocenters. The van der Waals surface area contributed by atoms with Gasteiger partial charge in [-0.2, -0.15) is 0 Å². The van der Waals surface area contributed by atoms with Gasteiger partial charge in [-0.15, -0.1) is 12.3 Å². The Morgan fingerprint density at radius 3 is 2.86 bits per heavy atom. The molecule has 1 unspecified atom stereocenters. The van der Waals surface area contributed by atoms with E-state index < -0.39 is 0 Å². The van der Waals surface area contributed by atoms with Crippen molar-refractivity contribution < 1.29 is 4.79 Å². The second kappa shape index (κ2) is 6.32. The van der Waals surface area contributed by atoms with Crippen LogP contribution in [0.2, 0.25) is 0 Å². The summed E-state index contributed by atoms with van der Waals surface area (Å²) in [6, 6.07) is 10.3. The molecule has 21 heavy (non-hydrogen) atoms. The fourth-order valence-corrected chi connectivity index (χ4v) is 3.61. The smallest absolute Gasteiger partial charge is 0.224 e. The molecule has 3 heterocycles. The Balaban J connectivity index is 1.48. The van der Waals surface area contributed by atoms with Gasteiger partial charge in [-0.3, -0.25) is 9.69 Å². The van der Waals surface area contributed by atoms with Crippen molar-refractivity contribution >= 4 is 5.91 Å². The summed E-state index contributed by atoms with van der Waals surface area (Å²) < 4.78 is 0. The standard InChI is InChI=1S/C18H22N2O/c1-2-15-13-20-9-8-16(15)11-17(20)12-19-18(21)10-14-6-4-3-5-7-14/h1,3-7,15-17H,8-13H2,(H,19,21)/t15-,16+,17-/m1/s1. The minimum absolute atomic E-state index is 0.109. The molecule has 0 radical (unpaired) electrons. The van der Waals surface area contributed by atoms with Gasteiger partial charge in [0.2, 0.25) is 5.91 Å². The molecular formula is C18H22N2O. The number of nitrogens with one attached hydrogen (secondary N) is 1. The van der Waals surface area contributed by atoms with Crippen molar-refractivity contribution in [1.29, 1.82) is 0 Å². The Kier molecular flexibility index (Phi) is 4.26. The van der Waals surface area contributed by atoms with Gasteiger partial charge < -0.3 is 5.32 Å². The zero-order valence-electron chi connectivity index (χ0n) is 12.3. The normalized spacial score (nSPS) is 30.6. The maximum Gasteiger partial charge on any atom is 0.224 e. The zero-order valence-corrected chi connectivity index (χ0v) is 12.3. The highest BCUT2D eigenvalue weighted by molar-refractivity contribution is 5.78. The number of rotatable bonds is 4. The van der Waals surface area contributed by atoms with Gasteiger partial charge in [0, 0.05) is 25.0 Å². The molecule has 1 aromatic rings. The SMILES string of the molecule is C#C[C@@H]1CN2CC[C@H]1C[C@@H]2CNC(=O)Cc1ccccc1. The largest absolute Gasteiger partial charge is 0.354 e. The molecule has 1 N–H and O–H groups in total. The lowest BCUT2D eigenvalue weighted by atomic mass is 9.76. The molecule has 3 aliphatic rings. The van der Waals surface area contributed by atoms with Gasteiger partial charge in [-0.1, -0.05) is 30.3 Å². The predicted molar refractivity (Wildman–Crippen MR) is 83.6 cm³/mol. The summed E-state index contributed by atoms with van der Waals surface area (Å²) in [5, 5.41) is 3.09. The van der Waals surface area contributed by atoms with Crippen LogP contribution in [0.3, 0.4) is 0 Å². The predicted octanol–water partition coefficient (Wildman–Crippen LogP) is 1.69. The van der Waals surface area contributed by atoms with E-state index in [0.29, 0.717) is 24.3 Å². The molecular weight excluding hydrogens is 260 g/mol. The highest BCUT2D eigenvalue weighted by Crippen LogP contribution is 2.35.